The summed E-state index contributed by atoms with van der Waals surface area (Å²) in [6.07, 6.45) is -3.03. The Hall–Kier alpha value is -3.06. The van der Waals surface area contributed by atoms with Crippen LogP contribution < -0.4 is 5.32 Å². The number of carbonyl (C=O) groups excluding carboxylic acids is 2. The van der Waals surface area contributed by atoms with Gasteiger partial charge in [0.1, 0.15) is 17.7 Å². The lowest BCUT2D eigenvalue weighted by molar-refractivity contribution is -0.140. The molecule has 0 aromatic heterocycles. The van der Waals surface area contributed by atoms with Crippen molar-refractivity contribution in [3.05, 3.63) is 64.7 Å². The van der Waals surface area contributed by atoms with Crippen molar-refractivity contribution < 1.29 is 45.1 Å². The van der Waals surface area contributed by atoms with Crippen LogP contribution in [0.1, 0.15) is 60.1 Å². The minimum atomic E-state index is -5.12. The first-order valence-corrected chi connectivity index (χ1v) is 14.6. The van der Waals surface area contributed by atoms with Crippen LogP contribution in [-0.4, -0.2) is 54.2 Å². The van der Waals surface area contributed by atoms with E-state index in [1.807, 2.05) is 0 Å². The highest BCUT2D eigenvalue weighted by atomic mass is 32.2. The summed E-state index contributed by atoms with van der Waals surface area (Å²) in [5.41, 5.74) is -3.34. The van der Waals surface area contributed by atoms with Crippen LogP contribution in [0.2, 0.25) is 0 Å². The smallest absolute Gasteiger partial charge is 0.390 e. The zero-order valence-electron chi connectivity index (χ0n) is 21.5. The molecule has 3 fully saturated rings. The highest BCUT2D eigenvalue weighted by Crippen LogP contribution is 2.50. The van der Waals surface area contributed by atoms with Crippen LogP contribution in [-0.2, 0) is 20.8 Å². The highest BCUT2D eigenvalue weighted by molar-refractivity contribution is 7.90. The maximum absolute atomic E-state index is 15.0. The molecule has 1 heterocycles. The number of likely N-dealkylation sites (tertiary alicyclic amines) is 1. The Bertz CT molecular complexity index is 1480. The Morgan fingerprint density at radius 3 is 2.38 bits per heavy atom. The number of hydrogen-bond donors (Lipinski definition) is 2. The SMILES string of the molecule is CC1(O)CC([C@@H](NC(=O)[C@H]2CC3C[C@H]3N2C(=O)c2cccc(S(C)(=O)=O)c2)c2cc(F)c(C(F)(F)F)cc2F)C1. The van der Waals surface area contributed by atoms with Crippen molar-refractivity contribution in [2.45, 2.75) is 67.4 Å². The molecule has 2 aromatic carbocycles. The summed E-state index contributed by atoms with van der Waals surface area (Å²) in [6, 6.07) is 3.36. The van der Waals surface area contributed by atoms with E-state index in [4.69, 9.17) is 0 Å². The Balaban J connectivity index is 1.43. The van der Waals surface area contributed by atoms with E-state index in [0.717, 1.165) is 6.26 Å². The molecule has 2 aliphatic carbocycles. The van der Waals surface area contributed by atoms with E-state index in [-0.39, 0.29) is 47.7 Å². The zero-order valence-corrected chi connectivity index (χ0v) is 22.3. The molecule has 4 atom stereocenters. The number of nitrogens with zero attached hydrogens (tertiary/aromatic N) is 1. The Kier molecular flexibility index (Phi) is 6.77. The highest BCUT2D eigenvalue weighted by Gasteiger charge is 2.57. The number of sulfone groups is 1. The molecule has 0 radical (unpaired) electrons. The van der Waals surface area contributed by atoms with Gasteiger partial charge in [-0.15, -0.1) is 0 Å². The van der Waals surface area contributed by atoms with Gasteiger partial charge in [0.15, 0.2) is 9.84 Å². The van der Waals surface area contributed by atoms with Crippen molar-refractivity contribution >= 4 is 21.7 Å². The van der Waals surface area contributed by atoms with Crippen molar-refractivity contribution in [2.24, 2.45) is 11.8 Å². The topological polar surface area (TPSA) is 104 Å². The fraction of sp³-hybridized carbons (Fsp3) is 0.481. The van der Waals surface area contributed by atoms with Crippen LogP contribution >= 0.6 is 0 Å². The first-order chi connectivity index (χ1) is 18.5. The molecule has 2 aromatic rings. The number of carbonyl (C=O) groups is 2. The lowest BCUT2D eigenvalue weighted by Gasteiger charge is -2.45. The number of fused-ring (bicyclic) bond motifs is 1. The second-order valence-corrected chi connectivity index (χ2v) is 13.3. The molecule has 216 valence electrons. The van der Waals surface area contributed by atoms with Crippen molar-refractivity contribution in [3.63, 3.8) is 0 Å². The maximum atomic E-state index is 15.0. The van der Waals surface area contributed by atoms with Gasteiger partial charge in [-0.25, -0.2) is 17.2 Å². The van der Waals surface area contributed by atoms with Gasteiger partial charge < -0.3 is 15.3 Å². The van der Waals surface area contributed by atoms with Gasteiger partial charge >= 0.3 is 6.18 Å². The minimum absolute atomic E-state index is 0.0286. The number of alkyl halides is 3. The molecular weight excluding hydrogens is 559 g/mol. The normalized spacial score (nSPS) is 28.4. The molecule has 2 saturated carbocycles. The summed E-state index contributed by atoms with van der Waals surface area (Å²) in [5, 5.41) is 12.9. The number of aliphatic hydroxyl groups is 1. The van der Waals surface area contributed by atoms with E-state index < -0.39 is 74.2 Å². The fourth-order valence-electron chi connectivity index (χ4n) is 6.01. The molecule has 1 unspecified atom stereocenters. The van der Waals surface area contributed by atoms with Gasteiger partial charge in [0, 0.05) is 23.4 Å². The fourth-order valence-corrected chi connectivity index (χ4v) is 6.68. The number of piperidine rings is 1. The van der Waals surface area contributed by atoms with Crippen molar-refractivity contribution in [1.29, 1.82) is 0 Å². The van der Waals surface area contributed by atoms with Gasteiger partial charge in [0.2, 0.25) is 5.91 Å². The van der Waals surface area contributed by atoms with Crippen LogP contribution in [0.4, 0.5) is 22.0 Å². The van der Waals surface area contributed by atoms with E-state index >= 15 is 0 Å². The van der Waals surface area contributed by atoms with Gasteiger partial charge in [-0.1, -0.05) is 6.07 Å². The predicted octanol–water partition coefficient (Wildman–Crippen LogP) is 4.01. The van der Waals surface area contributed by atoms with Crippen molar-refractivity contribution in [1.82, 2.24) is 10.2 Å². The van der Waals surface area contributed by atoms with Crippen LogP contribution in [0.25, 0.3) is 0 Å². The number of nitrogens with one attached hydrogen (secondary N) is 1. The average molecular weight is 587 g/mol. The molecule has 13 heteroatoms. The van der Waals surface area contributed by atoms with E-state index in [1.165, 1.54) is 36.1 Å². The molecule has 40 heavy (non-hydrogen) atoms. The molecule has 7 nitrogen and oxygen atoms in total. The Labute approximate surface area is 227 Å². The molecule has 1 saturated heterocycles. The molecule has 0 bridgehead atoms. The van der Waals surface area contributed by atoms with Crippen molar-refractivity contribution in [3.8, 4) is 0 Å². The number of benzene rings is 2. The number of rotatable bonds is 6. The third kappa shape index (κ3) is 5.32. The van der Waals surface area contributed by atoms with Crippen LogP contribution in [0, 0.1) is 23.5 Å². The quantitative estimate of drug-likeness (QED) is 0.498. The predicted molar refractivity (Wildman–Crippen MR) is 132 cm³/mol. The lowest BCUT2D eigenvalue weighted by Crippen LogP contribution is -2.52. The van der Waals surface area contributed by atoms with Gasteiger partial charge in [-0.3, -0.25) is 9.59 Å². The van der Waals surface area contributed by atoms with Gasteiger partial charge in [0.25, 0.3) is 5.91 Å². The van der Waals surface area contributed by atoms with E-state index in [2.05, 4.69) is 5.32 Å². The average Bonchev–Trinajstić information content (AvgIpc) is 3.50. The monoisotopic (exact) mass is 586 g/mol. The van der Waals surface area contributed by atoms with E-state index in [0.29, 0.717) is 12.5 Å². The first kappa shape index (κ1) is 28.5. The summed E-state index contributed by atoms with van der Waals surface area (Å²) in [5.74, 6) is -4.89. The molecule has 3 aliphatic rings. The Morgan fingerprint density at radius 2 is 1.77 bits per heavy atom. The summed E-state index contributed by atoms with van der Waals surface area (Å²) in [6.45, 7) is 1.52. The van der Waals surface area contributed by atoms with E-state index in [9.17, 15) is 45.1 Å². The number of hydrogen-bond acceptors (Lipinski definition) is 5. The van der Waals surface area contributed by atoms with Crippen LogP contribution in [0.3, 0.4) is 0 Å². The Morgan fingerprint density at radius 1 is 1.10 bits per heavy atom. The first-order valence-electron chi connectivity index (χ1n) is 12.7. The summed E-state index contributed by atoms with van der Waals surface area (Å²) < 4.78 is 92.8. The van der Waals surface area contributed by atoms with Gasteiger partial charge in [-0.2, -0.15) is 13.2 Å². The molecular formula is C27H27F5N2O5S. The van der Waals surface area contributed by atoms with Gasteiger partial charge in [0.05, 0.1) is 22.1 Å². The third-order valence-electron chi connectivity index (χ3n) is 8.05. The van der Waals surface area contributed by atoms with Crippen LogP contribution in [0.5, 0.6) is 0 Å². The number of amides is 2. The molecule has 1 aliphatic heterocycles. The van der Waals surface area contributed by atoms with E-state index in [1.54, 1.807) is 0 Å². The zero-order chi connectivity index (χ0) is 29.4. The maximum Gasteiger partial charge on any atom is 0.419 e. The van der Waals surface area contributed by atoms with Crippen LogP contribution in [0.15, 0.2) is 41.3 Å². The second kappa shape index (κ2) is 9.51. The molecule has 2 amide bonds. The summed E-state index contributed by atoms with van der Waals surface area (Å²) in [7, 11) is -3.60. The number of halogens is 5. The summed E-state index contributed by atoms with van der Waals surface area (Å²) in [4.78, 5) is 28.3. The summed E-state index contributed by atoms with van der Waals surface area (Å²) >= 11 is 0. The second-order valence-electron chi connectivity index (χ2n) is 11.3. The van der Waals surface area contributed by atoms with Gasteiger partial charge in [-0.05, 0) is 74.8 Å². The molecule has 2 N–H and O–H groups in total. The largest absolute Gasteiger partial charge is 0.419 e. The molecule has 0 spiro atoms. The standard InChI is InChI=1S/C27H27F5N2O5S/c1-26(37)11-15(12-26)23(17-9-20(29)18(10-19(17)28)27(30,31)32)33-24(35)22-8-14-7-21(14)34(22)25(36)13-4-3-5-16(6-13)40(2,38)39/h3-6,9-10,14-15,21-23,37H,7-8,11-12H2,1-2H3,(H,33,35)/t14?,15?,21-,22-,23-,26?/m1/s1. The molecule has 5 rings (SSSR count). The minimum Gasteiger partial charge on any atom is -0.390 e. The third-order valence-corrected chi connectivity index (χ3v) is 9.16. The van der Waals surface area contributed by atoms with Crippen molar-refractivity contribution in [2.75, 3.05) is 6.26 Å². The lowest BCUT2D eigenvalue weighted by atomic mass is 9.67.